The number of allylic oxidation sites excluding steroid dienone is 2. The number of hydrogen-bond acceptors (Lipinski definition) is 4. The summed E-state index contributed by atoms with van der Waals surface area (Å²) in [5.41, 5.74) is 0.751. The van der Waals surface area contributed by atoms with Gasteiger partial charge in [0, 0.05) is 12.5 Å². The van der Waals surface area contributed by atoms with Gasteiger partial charge in [0.25, 0.3) is 0 Å². The van der Waals surface area contributed by atoms with E-state index in [2.05, 4.69) is 0 Å². The van der Waals surface area contributed by atoms with E-state index in [1.54, 1.807) is 18.2 Å². The Morgan fingerprint density at radius 3 is 2.80 bits per heavy atom. The van der Waals surface area contributed by atoms with Crippen LogP contribution in [0.1, 0.15) is 31.7 Å². The van der Waals surface area contributed by atoms with Crippen molar-refractivity contribution in [1.82, 2.24) is 0 Å². The van der Waals surface area contributed by atoms with Crippen molar-refractivity contribution in [3.63, 3.8) is 0 Å². The molecule has 0 bridgehead atoms. The summed E-state index contributed by atoms with van der Waals surface area (Å²) < 4.78 is 4.99. The summed E-state index contributed by atoms with van der Waals surface area (Å²) in [6.45, 7) is 2.01. The highest BCUT2D eigenvalue weighted by Crippen LogP contribution is 2.26. The van der Waals surface area contributed by atoms with Crippen molar-refractivity contribution in [2.75, 3.05) is 7.11 Å². The van der Waals surface area contributed by atoms with Gasteiger partial charge in [0.05, 0.1) is 7.11 Å². The molecule has 1 aromatic rings. The second-order valence-electron chi connectivity index (χ2n) is 4.40. The lowest BCUT2D eigenvalue weighted by Crippen LogP contribution is -1.93. The van der Waals surface area contributed by atoms with Crippen LogP contribution >= 0.6 is 0 Å². The lowest BCUT2D eigenvalue weighted by Gasteiger charge is -2.03. The number of rotatable bonds is 7. The fourth-order valence-corrected chi connectivity index (χ4v) is 1.62. The molecule has 0 fully saturated rings. The van der Waals surface area contributed by atoms with Crippen LogP contribution in [0, 0.1) is 0 Å². The van der Waals surface area contributed by atoms with Crippen LogP contribution in [0.15, 0.2) is 36.1 Å². The number of benzene rings is 1. The molecule has 108 valence electrons. The molecular weight excluding hydrogens is 256 g/mol. The number of phenolic OH excluding ortho intramolecular Hbond substituents is 1. The normalized spacial score (nSPS) is 11.8. The van der Waals surface area contributed by atoms with E-state index < -0.39 is 0 Å². The topological polar surface area (TPSA) is 66.8 Å². The molecule has 4 nitrogen and oxygen atoms in total. The second-order valence-corrected chi connectivity index (χ2v) is 4.40. The number of ketones is 1. The Balaban J connectivity index is 2.71. The number of hydrogen-bond donors (Lipinski definition) is 2. The van der Waals surface area contributed by atoms with Crippen molar-refractivity contribution in [3.8, 4) is 11.5 Å². The Hall–Kier alpha value is -2.23. The maximum Gasteiger partial charge on any atom is 0.161 e. The fourth-order valence-electron chi connectivity index (χ4n) is 1.62. The number of aliphatic hydroxyl groups excluding tert-OH is 1. The van der Waals surface area contributed by atoms with E-state index in [0.717, 1.165) is 18.4 Å². The third kappa shape index (κ3) is 5.18. The summed E-state index contributed by atoms with van der Waals surface area (Å²) in [7, 11) is 1.46. The molecular formula is C16H20O4. The van der Waals surface area contributed by atoms with Gasteiger partial charge in [-0.1, -0.05) is 25.5 Å². The smallest absolute Gasteiger partial charge is 0.161 e. The van der Waals surface area contributed by atoms with Crippen molar-refractivity contribution < 1.29 is 19.7 Å². The fraction of sp³-hybridized carbons (Fsp3) is 0.312. The molecule has 0 aliphatic heterocycles. The number of carbonyl (C=O) groups is 1. The Labute approximate surface area is 119 Å². The standard InChI is InChI=1S/C16H20O4/c1-3-4-5-13(17)11-14(18)8-6-12-7-9-15(19)16(10-12)20-2/h6-11,18-19H,3-5H2,1-2H3. The van der Waals surface area contributed by atoms with Crippen LogP contribution in [0.25, 0.3) is 6.08 Å². The number of aliphatic hydroxyl groups is 1. The highest BCUT2D eigenvalue weighted by molar-refractivity contribution is 5.90. The first-order chi connectivity index (χ1) is 9.56. The summed E-state index contributed by atoms with van der Waals surface area (Å²) in [6, 6.07) is 4.82. The quantitative estimate of drug-likeness (QED) is 0.453. The highest BCUT2D eigenvalue weighted by Gasteiger charge is 2.01. The van der Waals surface area contributed by atoms with E-state index in [0.29, 0.717) is 12.2 Å². The van der Waals surface area contributed by atoms with Crippen molar-refractivity contribution in [3.05, 3.63) is 41.7 Å². The zero-order valence-electron chi connectivity index (χ0n) is 11.8. The molecule has 0 unspecified atom stereocenters. The minimum absolute atomic E-state index is 0.0548. The van der Waals surface area contributed by atoms with Gasteiger partial charge < -0.3 is 14.9 Å². The molecule has 0 saturated carbocycles. The van der Waals surface area contributed by atoms with Gasteiger partial charge in [-0.15, -0.1) is 0 Å². The van der Waals surface area contributed by atoms with E-state index in [1.165, 1.54) is 25.3 Å². The highest BCUT2D eigenvalue weighted by atomic mass is 16.5. The lowest BCUT2D eigenvalue weighted by molar-refractivity contribution is -0.114. The molecule has 0 spiro atoms. The van der Waals surface area contributed by atoms with Crippen LogP contribution in [-0.2, 0) is 4.79 Å². The lowest BCUT2D eigenvalue weighted by atomic mass is 10.1. The van der Waals surface area contributed by atoms with Gasteiger partial charge in [0.2, 0.25) is 0 Å². The Kier molecular flexibility index (Phi) is 6.37. The van der Waals surface area contributed by atoms with Gasteiger partial charge >= 0.3 is 0 Å². The summed E-state index contributed by atoms with van der Waals surface area (Å²) >= 11 is 0. The van der Waals surface area contributed by atoms with Gasteiger partial charge in [-0.2, -0.15) is 0 Å². The average Bonchev–Trinajstić information content (AvgIpc) is 2.44. The van der Waals surface area contributed by atoms with Crippen LogP contribution in [-0.4, -0.2) is 23.1 Å². The zero-order valence-corrected chi connectivity index (χ0v) is 11.8. The molecule has 4 heteroatoms. The summed E-state index contributed by atoms with van der Waals surface area (Å²) in [4.78, 5) is 11.4. The van der Waals surface area contributed by atoms with Gasteiger partial charge in [0.1, 0.15) is 5.76 Å². The van der Waals surface area contributed by atoms with Gasteiger partial charge in [0.15, 0.2) is 17.3 Å². The second kappa shape index (κ2) is 8.04. The van der Waals surface area contributed by atoms with E-state index in [1.807, 2.05) is 6.92 Å². The molecule has 0 aromatic heterocycles. The molecule has 0 heterocycles. The molecule has 1 rings (SSSR count). The minimum atomic E-state index is -0.0858. The third-order valence-electron chi connectivity index (χ3n) is 2.74. The number of methoxy groups -OCH3 is 1. The van der Waals surface area contributed by atoms with Crippen molar-refractivity contribution >= 4 is 11.9 Å². The summed E-state index contributed by atoms with van der Waals surface area (Å²) in [6.07, 6.45) is 6.52. The zero-order chi connectivity index (χ0) is 15.0. The molecule has 20 heavy (non-hydrogen) atoms. The first kappa shape index (κ1) is 15.8. The Morgan fingerprint density at radius 2 is 2.15 bits per heavy atom. The Morgan fingerprint density at radius 1 is 1.40 bits per heavy atom. The number of aromatic hydroxyl groups is 1. The van der Waals surface area contributed by atoms with Crippen molar-refractivity contribution in [2.24, 2.45) is 0 Å². The molecule has 1 aromatic carbocycles. The first-order valence-electron chi connectivity index (χ1n) is 6.55. The molecule has 0 atom stereocenters. The number of ether oxygens (including phenoxy) is 1. The van der Waals surface area contributed by atoms with E-state index in [4.69, 9.17) is 4.74 Å². The van der Waals surface area contributed by atoms with Crippen LogP contribution in [0.4, 0.5) is 0 Å². The summed E-state index contributed by atoms with van der Waals surface area (Å²) in [5, 5.41) is 19.1. The number of phenols is 1. The van der Waals surface area contributed by atoms with E-state index >= 15 is 0 Å². The monoisotopic (exact) mass is 276 g/mol. The third-order valence-corrected chi connectivity index (χ3v) is 2.74. The van der Waals surface area contributed by atoms with Gasteiger partial charge in [-0.25, -0.2) is 0 Å². The van der Waals surface area contributed by atoms with E-state index in [-0.39, 0.29) is 17.3 Å². The predicted molar refractivity (Wildman–Crippen MR) is 78.9 cm³/mol. The molecule has 0 aliphatic rings. The SMILES string of the molecule is CCCCC(=O)C=C(O)C=Cc1ccc(O)c(OC)c1. The molecule has 0 radical (unpaired) electrons. The van der Waals surface area contributed by atoms with Crippen molar-refractivity contribution in [2.45, 2.75) is 26.2 Å². The summed E-state index contributed by atoms with van der Waals surface area (Å²) in [5.74, 6) is 0.240. The first-order valence-corrected chi connectivity index (χ1v) is 6.55. The Bertz CT molecular complexity index is 515. The van der Waals surface area contributed by atoms with E-state index in [9.17, 15) is 15.0 Å². The minimum Gasteiger partial charge on any atom is -0.508 e. The van der Waals surface area contributed by atoms with Crippen LogP contribution in [0.3, 0.4) is 0 Å². The average molecular weight is 276 g/mol. The molecule has 0 amide bonds. The number of carbonyl (C=O) groups excluding carboxylic acids is 1. The van der Waals surface area contributed by atoms with Crippen LogP contribution < -0.4 is 4.74 Å². The van der Waals surface area contributed by atoms with Gasteiger partial charge in [-0.3, -0.25) is 4.79 Å². The molecule has 0 aliphatic carbocycles. The van der Waals surface area contributed by atoms with Gasteiger partial charge in [-0.05, 0) is 30.2 Å². The maximum atomic E-state index is 11.4. The number of unbranched alkanes of at least 4 members (excludes halogenated alkanes) is 1. The maximum absolute atomic E-state index is 11.4. The largest absolute Gasteiger partial charge is 0.508 e. The van der Waals surface area contributed by atoms with Crippen LogP contribution in [0.5, 0.6) is 11.5 Å². The van der Waals surface area contributed by atoms with Crippen LogP contribution in [0.2, 0.25) is 0 Å². The molecule has 2 N–H and O–H groups in total. The van der Waals surface area contributed by atoms with Crippen molar-refractivity contribution in [1.29, 1.82) is 0 Å². The predicted octanol–water partition coefficient (Wildman–Crippen LogP) is 3.62. The molecule has 0 saturated heterocycles.